The number of aliphatic carboxylic acids is 1. The van der Waals surface area contributed by atoms with Crippen LogP contribution in [0.15, 0.2) is 0 Å². The summed E-state index contributed by atoms with van der Waals surface area (Å²) in [7, 11) is 0. The molecule has 0 heterocycles. The Balaban J connectivity index is 5.01. The van der Waals surface area contributed by atoms with E-state index in [9.17, 15) is 32.3 Å². The molecule has 76 valence electrons. The first-order valence-electron chi connectivity index (χ1n) is 3.18. The van der Waals surface area contributed by atoms with E-state index >= 15 is 0 Å². The molecule has 0 aromatic rings. The van der Waals surface area contributed by atoms with E-state index in [1.807, 2.05) is 0 Å². The van der Waals surface area contributed by atoms with Crippen molar-refractivity contribution in [3.63, 3.8) is 0 Å². The van der Waals surface area contributed by atoms with E-state index in [0.29, 0.717) is 0 Å². The number of halogens is 4. The lowest BCUT2D eigenvalue weighted by molar-refractivity contribution is -0.319. The van der Waals surface area contributed by atoms with Gasteiger partial charge in [0.05, 0.1) is 5.97 Å². The van der Waals surface area contributed by atoms with Gasteiger partial charge in [0.1, 0.15) is 0 Å². The van der Waals surface area contributed by atoms with Crippen molar-refractivity contribution in [3.05, 3.63) is 0 Å². The maximum atomic E-state index is 12.8. The number of Topliss-reactive ketones (excluding diaryl/α,β-unsaturated/α-hetero) is 1. The van der Waals surface area contributed by atoms with Crippen LogP contribution in [0.5, 0.6) is 0 Å². The average Bonchev–Trinajstić information content (AvgIpc) is 1.99. The molecule has 1 unspecified atom stereocenters. The van der Waals surface area contributed by atoms with E-state index in [-0.39, 0.29) is 0 Å². The van der Waals surface area contributed by atoms with Crippen LogP contribution in [0.2, 0.25) is 0 Å². The van der Waals surface area contributed by atoms with Crippen LogP contribution in [-0.2, 0) is 9.59 Å². The van der Waals surface area contributed by atoms with Gasteiger partial charge in [0.2, 0.25) is 5.67 Å². The zero-order valence-electron chi connectivity index (χ0n) is 6.44. The Morgan fingerprint density at radius 1 is 1.23 bits per heavy atom. The monoisotopic (exact) mass is 201 g/mol. The molecule has 0 radical (unpaired) electrons. The van der Waals surface area contributed by atoms with E-state index in [2.05, 4.69) is 0 Å². The molecule has 0 N–H and O–H groups in total. The number of rotatable bonds is 3. The van der Waals surface area contributed by atoms with Gasteiger partial charge in [0.25, 0.3) is 5.78 Å². The van der Waals surface area contributed by atoms with E-state index in [1.54, 1.807) is 0 Å². The van der Waals surface area contributed by atoms with Crippen LogP contribution in [0, 0.1) is 0 Å². The predicted molar refractivity (Wildman–Crippen MR) is 30.2 cm³/mol. The fourth-order valence-electron chi connectivity index (χ4n) is 0.622. The van der Waals surface area contributed by atoms with Gasteiger partial charge >= 0.3 is 6.18 Å². The van der Waals surface area contributed by atoms with Gasteiger partial charge in [-0.05, 0) is 6.42 Å². The number of carboxylic acids is 1. The van der Waals surface area contributed by atoms with E-state index < -0.39 is 30.0 Å². The molecule has 0 saturated heterocycles. The number of hydrogen-bond acceptors (Lipinski definition) is 3. The highest BCUT2D eigenvalue weighted by molar-refractivity contribution is 6.08. The van der Waals surface area contributed by atoms with Crippen molar-refractivity contribution in [2.75, 3.05) is 0 Å². The Kier molecular flexibility index (Phi) is 3.02. The SMILES string of the molecule is CCC(F)(C(=O)[O-])C(=O)C(F)(F)F. The standard InChI is InChI=1S/C6H6F4O3/c1-2-5(7,4(12)13)3(11)6(8,9)10/h2H2,1H3,(H,12,13)/p-1. The topological polar surface area (TPSA) is 57.2 Å². The molecule has 0 aliphatic carbocycles. The number of carbonyl (C=O) groups is 2. The summed E-state index contributed by atoms with van der Waals surface area (Å²) in [6, 6.07) is 0. The van der Waals surface area contributed by atoms with Gasteiger partial charge in [0, 0.05) is 0 Å². The second-order valence-electron chi connectivity index (χ2n) is 2.27. The molecule has 0 fully saturated rings. The molecule has 0 aliphatic heterocycles. The zero-order chi connectivity index (χ0) is 10.9. The molecule has 0 aromatic heterocycles. The molecule has 0 saturated carbocycles. The lowest BCUT2D eigenvalue weighted by Crippen LogP contribution is -2.54. The Labute approximate surface area is 70.3 Å². The number of alkyl halides is 4. The largest absolute Gasteiger partial charge is 0.546 e. The molecule has 0 rings (SSSR count). The molecule has 3 nitrogen and oxygen atoms in total. The Hall–Kier alpha value is -1.14. The van der Waals surface area contributed by atoms with E-state index in [0.717, 1.165) is 6.92 Å². The van der Waals surface area contributed by atoms with Gasteiger partial charge < -0.3 is 9.90 Å². The normalized spacial score (nSPS) is 16.4. The summed E-state index contributed by atoms with van der Waals surface area (Å²) < 4.78 is 47.6. The molecule has 7 heteroatoms. The maximum absolute atomic E-state index is 12.8. The van der Waals surface area contributed by atoms with Gasteiger partial charge in [0.15, 0.2) is 0 Å². The van der Waals surface area contributed by atoms with Gasteiger partial charge in [-0.15, -0.1) is 0 Å². The molecule has 0 amide bonds. The molecule has 0 spiro atoms. The summed E-state index contributed by atoms with van der Waals surface area (Å²) in [5.74, 6) is -5.61. The van der Waals surface area contributed by atoms with E-state index in [4.69, 9.17) is 0 Å². The highest BCUT2D eigenvalue weighted by Crippen LogP contribution is 2.28. The molecule has 13 heavy (non-hydrogen) atoms. The number of ketones is 1. The van der Waals surface area contributed by atoms with E-state index in [1.165, 1.54) is 0 Å². The third-order valence-electron chi connectivity index (χ3n) is 1.43. The predicted octanol–water partition coefficient (Wildman–Crippen LogP) is -0.0140. The van der Waals surface area contributed by atoms with Crippen molar-refractivity contribution < 1.29 is 32.3 Å². The second kappa shape index (κ2) is 3.31. The lowest BCUT2D eigenvalue weighted by atomic mass is 9.97. The summed E-state index contributed by atoms with van der Waals surface area (Å²) in [6.45, 7) is 0.805. The molecular weight excluding hydrogens is 196 g/mol. The first-order valence-corrected chi connectivity index (χ1v) is 3.18. The fourth-order valence-corrected chi connectivity index (χ4v) is 0.622. The Morgan fingerprint density at radius 2 is 1.62 bits per heavy atom. The van der Waals surface area contributed by atoms with Gasteiger partial charge in [-0.2, -0.15) is 13.2 Å². The Bertz CT molecular complexity index is 235. The molecule has 0 bridgehead atoms. The van der Waals surface area contributed by atoms with Crippen LogP contribution >= 0.6 is 0 Å². The van der Waals surface area contributed by atoms with Crippen molar-refractivity contribution in [1.82, 2.24) is 0 Å². The van der Waals surface area contributed by atoms with Crippen LogP contribution in [0.3, 0.4) is 0 Å². The summed E-state index contributed by atoms with van der Waals surface area (Å²) in [5, 5.41) is 9.93. The quantitative estimate of drug-likeness (QED) is 0.476. The minimum absolute atomic E-state index is 0.805. The minimum Gasteiger partial charge on any atom is -0.546 e. The van der Waals surface area contributed by atoms with Crippen molar-refractivity contribution in [1.29, 1.82) is 0 Å². The van der Waals surface area contributed by atoms with Crippen LogP contribution < -0.4 is 5.11 Å². The molecular formula is C6H5F4O3-. The van der Waals surface area contributed by atoms with Crippen LogP contribution in [0.25, 0.3) is 0 Å². The number of carbonyl (C=O) groups excluding carboxylic acids is 2. The smallest absolute Gasteiger partial charge is 0.453 e. The second-order valence-corrected chi connectivity index (χ2v) is 2.27. The highest BCUT2D eigenvalue weighted by Gasteiger charge is 2.53. The summed E-state index contributed by atoms with van der Waals surface area (Å²) in [5.41, 5.74) is -3.97. The first kappa shape index (κ1) is 11.9. The number of carboxylic acid groups (broad SMARTS) is 1. The molecule has 0 aromatic carbocycles. The highest BCUT2D eigenvalue weighted by atomic mass is 19.4. The summed E-state index contributed by atoms with van der Waals surface area (Å²) in [4.78, 5) is 20.2. The van der Waals surface area contributed by atoms with Gasteiger partial charge in [-0.25, -0.2) is 4.39 Å². The lowest BCUT2D eigenvalue weighted by Gasteiger charge is -2.23. The van der Waals surface area contributed by atoms with Crippen molar-refractivity contribution in [2.24, 2.45) is 0 Å². The maximum Gasteiger partial charge on any atom is 0.453 e. The van der Waals surface area contributed by atoms with Crippen LogP contribution in [-0.4, -0.2) is 23.6 Å². The van der Waals surface area contributed by atoms with Crippen molar-refractivity contribution >= 4 is 11.8 Å². The molecule has 1 atom stereocenters. The first-order chi connectivity index (χ1) is 5.66. The third-order valence-corrected chi connectivity index (χ3v) is 1.43. The average molecular weight is 201 g/mol. The molecule has 0 aliphatic rings. The van der Waals surface area contributed by atoms with Crippen molar-refractivity contribution in [3.8, 4) is 0 Å². The Morgan fingerprint density at radius 3 is 1.69 bits per heavy atom. The van der Waals surface area contributed by atoms with Gasteiger partial charge in [-0.3, -0.25) is 4.79 Å². The van der Waals surface area contributed by atoms with Gasteiger partial charge in [-0.1, -0.05) is 6.92 Å². The minimum atomic E-state index is -5.51. The van der Waals surface area contributed by atoms with Crippen LogP contribution in [0.4, 0.5) is 17.6 Å². The van der Waals surface area contributed by atoms with Crippen molar-refractivity contribution in [2.45, 2.75) is 25.2 Å². The summed E-state index contributed by atoms with van der Waals surface area (Å²) >= 11 is 0. The fraction of sp³-hybridized carbons (Fsp3) is 0.667. The zero-order valence-corrected chi connectivity index (χ0v) is 6.44. The van der Waals surface area contributed by atoms with Crippen LogP contribution in [0.1, 0.15) is 13.3 Å². The summed E-state index contributed by atoms with van der Waals surface area (Å²) in [6.07, 6.45) is -6.63. The third kappa shape index (κ3) is 2.16. The number of hydrogen-bond donors (Lipinski definition) is 0.